The van der Waals surface area contributed by atoms with Gasteiger partial charge in [0.2, 0.25) is 5.89 Å². The summed E-state index contributed by atoms with van der Waals surface area (Å²) in [5.41, 5.74) is 0. The molecule has 0 fully saturated rings. The van der Waals surface area contributed by atoms with E-state index >= 15 is 0 Å². The molecule has 0 saturated carbocycles. The molecule has 0 aliphatic rings. The molecule has 0 bridgehead atoms. The van der Waals surface area contributed by atoms with Gasteiger partial charge in [0, 0.05) is 25.9 Å². The maximum atomic E-state index is 12.0. The van der Waals surface area contributed by atoms with Crippen molar-refractivity contribution in [3.63, 3.8) is 0 Å². The van der Waals surface area contributed by atoms with Gasteiger partial charge in [-0.05, 0) is 13.3 Å². The van der Waals surface area contributed by atoms with Crippen molar-refractivity contribution < 1.29 is 9.32 Å². The number of carbonyl (C=O) groups is 1. The van der Waals surface area contributed by atoms with Crippen LogP contribution in [0.5, 0.6) is 0 Å². The molecule has 0 saturated heterocycles. The van der Waals surface area contributed by atoms with Crippen molar-refractivity contribution in [3.8, 4) is 0 Å². The van der Waals surface area contributed by atoms with Crippen molar-refractivity contribution in [2.75, 3.05) is 0 Å². The molecule has 0 unspecified atom stereocenters. The Morgan fingerprint density at radius 1 is 1.58 bits per heavy atom. The van der Waals surface area contributed by atoms with E-state index in [2.05, 4.69) is 20.4 Å². The highest BCUT2D eigenvalue weighted by Gasteiger charge is 2.19. The molecule has 102 valence electrons. The summed E-state index contributed by atoms with van der Waals surface area (Å²) in [6, 6.07) is -0.345. The molecule has 0 spiro atoms. The number of aromatic nitrogens is 4. The lowest BCUT2D eigenvalue weighted by Gasteiger charge is -2.09. The van der Waals surface area contributed by atoms with Crippen molar-refractivity contribution in [3.05, 3.63) is 29.9 Å². The number of amides is 1. The van der Waals surface area contributed by atoms with E-state index in [1.807, 2.05) is 6.92 Å². The average Bonchev–Trinajstić information content (AvgIpc) is 2.98. The van der Waals surface area contributed by atoms with E-state index in [-0.39, 0.29) is 11.9 Å². The van der Waals surface area contributed by atoms with Gasteiger partial charge in [-0.15, -0.1) is 0 Å². The standard InChI is InChI=1S/C12H17N5O2/c1-4-5-9-15-12(19-16-9)8(2)14-11(18)10-13-6-7-17(10)3/h6-8H,4-5H2,1-3H3,(H,14,18)/t8-/m1/s1. The van der Waals surface area contributed by atoms with Gasteiger partial charge in [-0.3, -0.25) is 4.79 Å². The van der Waals surface area contributed by atoms with E-state index < -0.39 is 0 Å². The Hall–Kier alpha value is -2.18. The molecule has 0 aromatic carbocycles. The van der Waals surface area contributed by atoms with Gasteiger partial charge in [-0.1, -0.05) is 12.1 Å². The summed E-state index contributed by atoms with van der Waals surface area (Å²) < 4.78 is 6.78. The molecule has 2 aromatic heterocycles. The van der Waals surface area contributed by atoms with Crippen LogP contribution in [0.4, 0.5) is 0 Å². The predicted octanol–water partition coefficient (Wildman–Crippen LogP) is 1.25. The molecule has 0 aliphatic carbocycles. The number of hydrogen-bond acceptors (Lipinski definition) is 5. The zero-order valence-corrected chi connectivity index (χ0v) is 11.3. The Labute approximate surface area is 111 Å². The molecule has 1 N–H and O–H groups in total. The first kappa shape index (κ1) is 13.3. The van der Waals surface area contributed by atoms with Gasteiger partial charge in [0.15, 0.2) is 11.6 Å². The lowest BCUT2D eigenvalue weighted by Crippen LogP contribution is -2.29. The summed E-state index contributed by atoms with van der Waals surface area (Å²) >= 11 is 0. The van der Waals surface area contributed by atoms with E-state index in [1.54, 1.807) is 30.9 Å². The summed E-state index contributed by atoms with van der Waals surface area (Å²) in [5, 5.41) is 6.63. The Morgan fingerprint density at radius 3 is 3.00 bits per heavy atom. The summed E-state index contributed by atoms with van der Waals surface area (Å²) in [7, 11) is 1.76. The molecule has 2 rings (SSSR count). The van der Waals surface area contributed by atoms with E-state index in [0.717, 1.165) is 12.8 Å². The maximum absolute atomic E-state index is 12.0. The first-order valence-electron chi connectivity index (χ1n) is 6.22. The molecule has 0 aliphatic heterocycles. The normalized spacial score (nSPS) is 12.4. The third-order valence-corrected chi connectivity index (χ3v) is 2.70. The monoisotopic (exact) mass is 263 g/mol. The van der Waals surface area contributed by atoms with E-state index in [9.17, 15) is 4.79 Å². The number of aryl methyl sites for hydroxylation is 2. The minimum Gasteiger partial charge on any atom is -0.338 e. The molecule has 1 amide bonds. The third-order valence-electron chi connectivity index (χ3n) is 2.70. The zero-order chi connectivity index (χ0) is 13.8. The van der Waals surface area contributed by atoms with Crippen LogP contribution in [0.25, 0.3) is 0 Å². The van der Waals surface area contributed by atoms with Gasteiger partial charge >= 0.3 is 0 Å². The molecule has 7 heteroatoms. The minimum absolute atomic E-state index is 0.268. The van der Waals surface area contributed by atoms with Crippen molar-refractivity contribution in [1.29, 1.82) is 0 Å². The topological polar surface area (TPSA) is 85.8 Å². The second-order valence-corrected chi connectivity index (χ2v) is 4.36. The molecule has 1 atom stereocenters. The molecule has 0 radical (unpaired) electrons. The number of imidazole rings is 1. The predicted molar refractivity (Wildman–Crippen MR) is 67.4 cm³/mol. The quantitative estimate of drug-likeness (QED) is 0.877. The van der Waals surface area contributed by atoms with Crippen LogP contribution < -0.4 is 5.32 Å². The summed E-state index contributed by atoms with van der Waals surface area (Å²) in [5.74, 6) is 1.15. The molecular weight excluding hydrogens is 246 g/mol. The number of nitrogens with one attached hydrogen (secondary N) is 1. The first-order valence-corrected chi connectivity index (χ1v) is 6.22. The Kier molecular flexibility index (Phi) is 3.94. The van der Waals surface area contributed by atoms with Crippen LogP contribution in [-0.2, 0) is 13.5 Å². The van der Waals surface area contributed by atoms with E-state index in [0.29, 0.717) is 17.5 Å². The Balaban J connectivity index is 2.02. The lowest BCUT2D eigenvalue weighted by molar-refractivity contribution is 0.0919. The second-order valence-electron chi connectivity index (χ2n) is 4.36. The van der Waals surface area contributed by atoms with Gasteiger partial charge in [-0.25, -0.2) is 4.98 Å². The smallest absolute Gasteiger partial charge is 0.287 e. The summed E-state index contributed by atoms with van der Waals surface area (Å²) in [4.78, 5) is 20.2. The van der Waals surface area contributed by atoms with Gasteiger partial charge in [0.25, 0.3) is 5.91 Å². The average molecular weight is 263 g/mol. The molecule has 2 aromatic rings. The number of hydrogen-bond donors (Lipinski definition) is 1. The van der Waals surface area contributed by atoms with Crippen LogP contribution in [0, 0.1) is 0 Å². The number of carbonyl (C=O) groups excluding carboxylic acids is 1. The van der Waals surface area contributed by atoms with Gasteiger partial charge in [0.05, 0.1) is 0 Å². The highest BCUT2D eigenvalue weighted by molar-refractivity contribution is 5.90. The Bertz CT molecular complexity index is 560. The van der Waals surface area contributed by atoms with Crippen LogP contribution in [0.3, 0.4) is 0 Å². The van der Waals surface area contributed by atoms with Crippen LogP contribution in [0.1, 0.15) is 48.6 Å². The van der Waals surface area contributed by atoms with Crippen LogP contribution >= 0.6 is 0 Å². The summed E-state index contributed by atoms with van der Waals surface area (Å²) in [6.07, 6.45) is 5.01. The lowest BCUT2D eigenvalue weighted by atomic mass is 10.3. The summed E-state index contributed by atoms with van der Waals surface area (Å²) in [6.45, 7) is 3.84. The van der Waals surface area contributed by atoms with Crippen molar-refractivity contribution in [1.82, 2.24) is 25.0 Å². The van der Waals surface area contributed by atoms with Crippen LogP contribution in [0.2, 0.25) is 0 Å². The fourth-order valence-corrected chi connectivity index (χ4v) is 1.68. The maximum Gasteiger partial charge on any atom is 0.287 e. The third kappa shape index (κ3) is 2.98. The van der Waals surface area contributed by atoms with Crippen molar-refractivity contribution in [2.45, 2.75) is 32.7 Å². The van der Waals surface area contributed by atoms with E-state index in [4.69, 9.17) is 4.52 Å². The number of nitrogens with zero attached hydrogens (tertiary/aromatic N) is 4. The molecular formula is C12H17N5O2. The molecule has 7 nitrogen and oxygen atoms in total. The highest BCUT2D eigenvalue weighted by atomic mass is 16.5. The SMILES string of the molecule is CCCc1noc([C@@H](C)NC(=O)c2nccn2C)n1. The van der Waals surface area contributed by atoms with Crippen LogP contribution in [-0.4, -0.2) is 25.6 Å². The molecule has 19 heavy (non-hydrogen) atoms. The molecule has 2 heterocycles. The van der Waals surface area contributed by atoms with Crippen molar-refractivity contribution >= 4 is 5.91 Å². The minimum atomic E-state index is -0.345. The van der Waals surface area contributed by atoms with Gasteiger partial charge in [-0.2, -0.15) is 4.98 Å². The van der Waals surface area contributed by atoms with Crippen molar-refractivity contribution in [2.24, 2.45) is 7.05 Å². The largest absolute Gasteiger partial charge is 0.338 e. The zero-order valence-electron chi connectivity index (χ0n) is 11.3. The first-order chi connectivity index (χ1) is 9.11. The fourth-order valence-electron chi connectivity index (χ4n) is 1.68. The fraction of sp³-hybridized carbons (Fsp3) is 0.500. The van der Waals surface area contributed by atoms with Gasteiger partial charge in [0.1, 0.15) is 6.04 Å². The number of rotatable bonds is 5. The second kappa shape index (κ2) is 5.64. The van der Waals surface area contributed by atoms with Crippen LogP contribution in [0.15, 0.2) is 16.9 Å². The van der Waals surface area contributed by atoms with E-state index in [1.165, 1.54) is 0 Å². The Morgan fingerprint density at radius 2 is 2.37 bits per heavy atom. The van der Waals surface area contributed by atoms with Gasteiger partial charge < -0.3 is 14.4 Å². The highest BCUT2D eigenvalue weighted by Crippen LogP contribution is 2.11.